The lowest BCUT2D eigenvalue weighted by molar-refractivity contribution is -0.131. The molecule has 2 aromatic rings. The predicted octanol–water partition coefficient (Wildman–Crippen LogP) is 1.45. The van der Waals surface area contributed by atoms with E-state index in [9.17, 15) is 4.79 Å². The van der Waals surface area contributed by atoms with E-state index in [1.165, 1.54) is 0 Å². The number of nitrogens with one attached hydrogen (secondary N) is 3. The zero-order valence-electron chi connectivity index (χ0n) is 16.2. The van der Waals surface area contributed by atoms with Crippen molar-refractivity contribution in [1.82, 2.24) is 25.3 Å². The van der Waals surface area contributed by atoms with Crippen LogP contribution in [0.4, 0.5) is 5.82 Å². The van der Waals surface area contributed by atoms with Crippen molar-refractivity contribution in [2.75, 3.05) is 43.1 Å². The molecule has 0 aliphatic carbocycles. The molecule has 4 rings (SSSR count). The molecule has 2 atom stereocenters. The molecule has 2 aliphatic heterocycles. The molecule has 2 saturated heterocycles. The molecule has 2 unspecified atom stereocenters. The Balaban J connectivity index is 1.23. The number of aryl methyl sites for hydroxylation is 1. The van der Waals surface area contributed by atoms with Crippen molar-refractivity contribution >= 4 is 23.5 Å². The van der Waals surface area contributed by atoms with Crippen LogP contribution in [0.2, 0.25) is 0 Å². The fourth-order valence-electron chi connectivity index (χ4n) is 3.75. The highest BCUT2D eigenvalue weighted by atomic mass is 32.2. The molecule has 2 aliphatic rings. The van der Waals surface area contributed by atoms with Crippen molar-refractivity contribution in [3.8, 4) is 5.69 Å². The normalized spacial score (nSPS) is 22.0. The van der Waals surface area contributed by atoms with Gasteiger partial charge in [-0.15, -0.1) is 11.8 Å². The summed E-state index contributed by atoms with van der Waals surface area (Å²) >= 11 is 1.83. The summed E-state index contributed by atoms with van der Waals surface area (Å²) in [6.07, 6.45) is 0.862. The minimum atomic E-state index is -0.0358. The highest BCUT2D eigenvalue weighted by molar-refractivity contribution is 7.99. The summed E-state index contributed by atoms with van der Waals surface area (Å²) in [7, 11) is 0. The number of rotatable bonds is 7. The Kier molecular flexibility index (Phi) is 6.19. The lowest BCUT2D eigenvalue weighted by Crippen LogP contribution is -2.42. The summed E-state index contributed by atoms with van der Waals surface area (Å²) in [4.78, 5) is 14.5. The topological polar surface area (TPSA) is 74.2 Å². The third kappa shape index (κ3) is 4.51. The number of aromatic nitrogens is 2. The van der Waals surface area contributed by atoms with Gasteiger partial charge in [-0.2, -0.15) is 5.10 Å². The van der Waals surface area contributed by atoms with Crippen molar-refractivity contribution in [2.45, 2.75) is 25.4 Å². The van der Waals surface area contributed by atoms with Crippen molar-refractivity contribution in [3.63, 3.8) is 0 Å². The molecule has 0 radical (unpaired) electrons. The summed E-state index contributed by atoms with van der Waals surface area (Å²) in [5, 5.41) is 15.0. The summed E-state index contributed by atoms with van der Waals surface area (Å²) < 4.78 is 1.94. The maximum absolute atomic E-state index is 12.5. The number of para-hydroxylation sites is 1. The summed E-state index contributed by atoms with van der Waals surface area (Å²) in [5.41, 5.74) is 2.04. The second-order valence-corrected chi connectivity index (χ2v) is 8.41. The van der Waals surface area contributed by atoms with Crippen LogP contribution in [-0.4, -0.2) is 70.5 Å². The molecule has 3 heterocycles. The molecule has 2 fully saturated rings. The zero-order valence-corrected chi connectivity index (χ0v) is 17.0. The number of thioether (sulfide) groups is 1. The van der Waals surface area contributed by atoms with Crippen LogP contribution in [0.5, 0.6) is 0 Å². The monoisotopic (exact) mass is 400 g/mol. The van der Waals surface area contributed by atoms with Gasteiger partial charge in [0.1, 0.15) is 5.82 Å². The molecule has 3 N–H and O–H groups in total. The molecule has 28 heavy (non-hydrogen) atoms. The zero-order chi connectivity index (χ0) is 19.3. The number of hydrogen-bond donors (Lipinski definition) is 3. The Morgan fingerprint density at radius 3 is 2.96 bits per heavy atom. The summed E-state index contributed by atoms with van der Waals surface area (Å²) in [6, 6.07) is 12.5. The minimum absolute atomic E-state index is 0.0358. The maximum Gasteiger partial charge on any atom is 0.240 e. The fraction of sp³-hybridized carbons (Fsp3) is 0.500. The lowest BCUT2D eigenvalue weighted by atomic mass is 10.1. The third-order valence-corrected chi connectivity index (χ3v) is 6.16. The first-order chi connectivity index (χ1) is 13.7. The predicted molar refractivity (Wildman–Crippen MR) is 114 cm³/mol. The van der Waals surface area contributed by atoms with E-state index < -0.39 is 0 Å². The van der Waals surface area contributed by atoms with E-state index in [4.69, 9.17) is 0 Å². The Morgan fingerprint density at radius 2 is 2.18 bits per heavy atom. The molecule has 1 amide bonds. The fourth-order valence-corrected chi connectivity index (χ4v) is 4.70. The van der Waals surface area contributed by atoms with Crippen LogP contribution in [0.25, 0.3) is 5.69 Å². The Morgan fingerprint density at radius 1 is 1.32 bits per heavy atom. The van der Waals surface area contributed by atoms with E-state index in [2.05, 4.69) is 39.2 Å². The highest BCUT2D eigenvalue weighted by Crippen LogP contribution is 2.18. The van der Waals surface area contributed by atoms with Crippen molar-refractivity contribution in [2.24, 2.45) is 0 Å². The van der Waals surface area contributed by atoms with Crippen LogP contribution in [0.3, 0.4) is 0 Å². The lowest BCUT2D eigenvalue weighted by Gasteiger charge is -2.19. The standard InChI is InChI=1S/C20H28N6OS/c1-15-11-19(26(24-15)17-5-3-2-4-6-17)22-8-7-21-16-12-18(23-13-16)20(27)25-9-10-28-14-25/h2-6,11,16,18,21-23H,7-10,12-14H2,1H3. The molecule has 0 bridgehead atoms. The second kappa shape index (κ2) is 8.98. The van der Waals surface area contributed by atoms with Crippen molar-refractivity contribution < 1.29 is 4.79 Å². The van der Waals surface area contributed by atoms with E-state index in [0.29, 0.717) is 6.04 Å². The Labute approximate surface area is 170 Å². The molecule has 150 valence electrons. The SMILES string of the molecule is Cc1cc(NCCNC2CNC(C(=O)N3CCSC3)C2)n(-c2ccccc2)n1. The minimum Gasteiger partial charge on any atom is -0.369 e. The first-order valence-electron chi connectivity index (χ1n) is 9.90. The van der Waals surface area contributed by atoms with Gasteiger partial charge in [0, 0.05) is 44.0 Å². The number of carbonyl (C=O) groups is 1. The van der Waals surface area contributed by atoms with Gasteiger partial charge in [-0.25, -0.2) is 4.68 Å². The van der Waals surface area contributed by atoms with Gasteiger partial charge in [0.2, 0.25) is 5.91 Å². The van der Waals surface area contributed by atoms with Crippen molar-refractivity contribution in [1.29, 1.82) is 0 Å². The Hall–Kier alpha value is -2.03. The molecular weight excluding hydrogens is 372 g/mol. The van der Waals surface area contributed by atoms with Gasteiger partial charge in [0.15, 0.2) is 0 Å². The summed E-state index contributed by atoms with van der Waals surface area (Å²) in [6.45, 7) is 5.38. The molecule has 8 heteroatoms. The van der Waals surface area contributed by atoms with Crippen LogP contribution in [-0.2, 0) is 4.79 Å². The van der Waals surface area contributed by atoms with Crippen LogP contribution in [0.1, 0.15) is 12.1 Å². The molecular formula is C20H28N6OS. The molecule has 7 nitrogen and oxygen atoms in total. The van der Waals surface area contributed by atoms with Crippen LogP contribution >= 0.6 is 11.8 Å². The average Bonchev–Trinajstić information content (AvgIpc) is 3.46. The van der Waals surface area contributed by atoms with E-state index >= 15 is 0 Å². The number of anilines is 1. The quantitative estimate of drug-likeness (QED) is 0.611. The first-order valence-corrected chi connectivity index (χ1v) is 11.1. The van der Waals surface area contributed by atoms with E-state index in [1.54, 1.807) is 0 Å². The number of benzene rings is 1. The average molecular weight is 401 g/mol. The smallest absolute Gasteiger partial charge is 0.240 e. The maximum atomic E-state index is 12.5. The number of nitrogens with zero attached hydrogens (tertiary/aromatic N) is 3. The van der Waals surface area contributed by atoms with E-state index in [-0.39, 0.29) is 11.9 Å². The van der Waals surface area contributed by atoms with E-state index in [1.807, 2.05) is 46.5 Å². The van der Waals surface area contributed by atoms with Crippen LogP contribution < -0.4 is 16.0 Å². The van der Waals surface area contributed by atoms with Gasteiger partial charge < -0.3 is 20.9 Å². The second-order valence-electron chi connectivity index (χ2n) is 7.33. The molecule has 0 spiro atoms. The molecule has 0 saturated carbocycles. The molecule has 1 aromatic heterocycles. The largest absolute Gasteiger partial charge is 0.369 e. The van der Waals surface area contributed by atoms with Crippen LogP contribution in [0, 0.1) is 6.92 Å². The summed E-state index contributed by atoms with van der Waals surface area (Å²) in [5.74, 6) is 3.16. The first kappa shape index (κ1) is 19.3. The number of carbonyl (C=O) groups excluding carboxylic acids is 1. The van der Waals surface area contributed by atoms with Gasteiger partial charge in [-0.3, -0.25) is 4.79 Å². The third-order valence-electron chi connectivity index (χ3n) is 5.19. The van der Waals surface area contributed by atoms with Crippen LogP contribution in [0.15, 0.2) is 36.4 Å². The van der Waals surface area contributed by atoms with Gasteiger partial charge in [-0.1, -0.05) is 18.2 Å². The Bertz CT molecular complexity index is 789. The van der Waals surface area contributed by atoms with Crippen molar-refractivity contribution in [3.05, 3.63) is 42.1 Å². The van der Waals surface area contributed by atoms with Gasteiger partial charge >= 0.3 is 0 Å². The molecule has 1 aromatic carbocycles. The number of amides is 1. The van der Waals surface area contributed by atoms with Gasteiger partial charge in [-0.05, 0) is 25.5 Å². The van der Waals surface area contributed by atoms with Gasteiger partial charge in [0.25, 0.3) is 0 Å². The highest BCUT2D eigenvalue weighted by Gasteiger charge is 2.32. The number of hydrogen-bond acceptors (Lipinski definition) is 6. The van der Waals surface area contributed by atoms with E-state index in [0.717, 1.165) is 61.4 Å². The van der Waals surface area contributed by atoms with Gasteiger partial charge in [0.05, 0.1) is 23.3 Å².